The van der Waals surface area contributed by atoms with Gasteiger partial charge in [-0.2, -0.15) is 0 Å². The molecule has 5 nitrogen and oxygen atoms in total. The van der Waals surface area contributed by atoms with Crippen LogP contribution in [0, 0.1) is 0 Å². The Morgan fingerprint density at radius 2 is 2.14 bits per heavy atom. The highest BCUT2D eigenvalue weighted by Gasteiger charge is 2.43. The van der Waals surface area contributed by atoms with E-state index in [0.717, 1.165) is 12.8 Å². The normalized spacial score (nSPS) is 23.5. The van der Waals surface area contributed by atoms with Gasteiger partial charge in [0.05, 0.1) is 6.04 Å². The number of piperidine rings is 1. The van der Waals surface area contributed by atoms with Crippen molar-refractivity contribution in [3.8, 4) is 11.5 Å². The Kier molecular flexibility index (Phi) is 3.44. The third-order valence-corrected chi connectivity index (χ3v) is 3.59. The van der Waals surface area contributed by atoms with Crippen molar-refractivity contribution in [2.24, 2.45) is 0 Å². The van der Waals surface area contributed by atoms with Gasteiger partial charge < -0.3 is 19.7 Å². The first-order valence-electron chi connectivity index (χ1n) is 6.95. The minimum Gasteiger partial charge on any atom is -0.395 e. The van der Waals surface area contributed by atoms with Crippen LogP contribution >= 0.6 is 0 Å². The predicted octanol–water partition coefficient (Wildman–Crippen LogP) is 2.11. The number of benzene rings is 1. The van der Waals surface area contributed by atoms with E-state index in [9.17, 15) is 13.6 Å². The van der Waals surface area contributed by atoms with Crippen LogP contribution in [0.3, 0.4) is 0 Å². The second kappa shape index (κ2) is 5.14. The summed E-state index contributed by atoms with van der Waals surface area (Å²) < 4.78 is 34.8. The van der Waals surface area contributed by atoms with E-state index in [-0.39, 0.29) is 23.4 Å². The first-order valence-corrected chi connectivity index (χ1v) is 6.95. The highest BCUT2D eigenvalue weighted by Crippen LogP contribution is 2.43. The molecule has 2 aliphatic heterocycles. The van der Waals surface area contributed by atoms with Crippen LogP contribution in [0.15, 0.2) is 18.2 Å². The lowest BCUT2D eigenvalue weighted by Gasteiger charge is -2.32. The summed E-state index contributed by atoms with van der Waals surface area (Å²) in [5, 5.41) is 3.13. The molecule has 114 valence electrons. The van der Waals surface area contributed by atoms with Crippen molar-refractivity contribution >= 4 is 11.6 Å². The zero-order chi connectivity index (χ0) is 15.0. The molecule has 1 aromatic carbocycles. The standard InChI is InChI=1S/C14H16F2N2O3/c1-2-17-10-4-3-7-18(13(10)19)9-5-6-11-12(8-9)21-14(15,16)20-11/h5-6,8,10,17H,2-4,7H2,1H3. The third-order valence-electron chi connectivity index (χ3n) is 3.59. The molecule has 21 heavy (non-hydrogen) atoms. The molecule has 2 aliphatic rings. The molecule has 2 heterocycles. The first-order chi connectivity index (χ1) is 10.00. The van der Waals surface area contributed by atoms with Gasteiger partial charge >= 0.3 is 6.29 Å². The molecule has 0 radical (unpaired) electrons. The molecule has 0 aromatic heterocycles. The fraction of sp³-hybridized carbons (Fsp3) is 0.500. The molecule has 1 N–H and O–H groups in total. The average Bonchev–Trinajstić information content (AvgIpc) is 2.74. The van der Waals surface area contributed by atoms with Crippen molar-refractivity contribution in [1.82, 2.24) is 5.32 Å². The number of halogens is 2. The molecule has 1 atom stereocenters. The summed E-state index contributed by atoms with van der Waals surface area (Å²) >= 11 is 0. The van der Waals surface area contributed by atoms with Crippen LogP contribution in [0.5, 0.6) is 11.5 Å². The number of rotatable bonds is 3. The maximum atomic E-state index is 13.0. The lowest BCUT2D eigenvalue weighted by atomic mass is 10.0. The van der Waals surface area contributed by atoms with Gasteiger partial charge in [-0.15, -0.1) is 8.78 Å². The lowest BCUT2D eigenvalue weighted by molar-refractivity contribution is -0.286. The SMILES string of the molecule is CCNC1CCCN(c2ccc3c(c2)OC(F)(F)O3)C1=O. The average molecular weight is 298 g/mol. The van der Waals surface area contributed by atoms with E-state index in [4.69, 9.17) is 0 Å². The Labute approximate surface area is 120 Å². The van der Waals surface area contributed by atoms with Crippen molar-refractivity contribution < 1.29 is 23.0 Å². The Balaban J connectivity index is 1.83. The fourth-order valence-corrected chi connectivity index (χ4v) is 2.67. The number of alkyl halides is 2. The Bertz CT molecular complexity index is 563. The van der Waals surface area contributed by atoms with E-state index in [0.29, 0.717) is 18.8 Å². The Hall–Kier alpha value is -1.89. The van der Waals surface area contributed by atoms with Crippen LogP contribution in [-0.2, 0) is 4.79 Å². The summed E-state index contributed by atoms with van der Waals surface area (Å²) in [4.78, 5) is 14.0. The number of ether oxygens (including phenoxy) is 2. The van der Waals surface area contributed by atoms with Crippen molar-refractivity contribution in [1.29, 1.82) is 0 Å². The van der Waals surface area contributed by atoms with Gasteiger partial charge in [0, 0.05) is 18.3 Å². The Morgan fingerprint density at radius 3 is 2.90 bits per heavy atom. The largest absolute Gasteiger partial charge is 0.586 e. The summed E-state index contributed by atoms with van der Waals surface area (Å²) in [6.07, 6.45) is -2.00. The van der Waals surface area contributed by atoms with Crippen molar-refractivity contribution in [2.45, 2.75) is 32.1 Å². The van der Waals surface area contributed by atoms with E-state index in [1.807, 2.05) is 6.92 Å². The fourth-order valence-electron chi connectivity index (χ4n) is 2.67. The number of anilines is 1. The van der Waals surface area contributed by atoms with E-state index < -0.39 is 6.29 Å². The van der Waals surface area contributed by atoms with Crippen molar-refractivity contribution in [2.75, 3.05) is 18.0 Å². The minimum absolute atomic E-state index is 0.0172. The first kappa shape index (κ1) is 14.1. The summed E-state index contributed by atoms with van der Waals surface area (Å²) in [5.41, 5.74) is 0.544. The smallest absolute Gasteiger partial charge is 0.395 e. The second-order valence-corrected chi connectivity index (χ2v) is 5.04. The van der Waals surface area contributed by atoms with Crippen LogP contribution in [0.4, 0.5) is 14.5 Å². The van der Waals surface area contributed by atoms with Crippen LogP contribution in [0.25, 0.3) is 0 Å². The molecule has 1 aromatic rings. The van der Waals surface area contributed by atoms with Gasteiger partial charge in [0.2, 0.25) is 5.91 Å². The molecule has 7 heteroatoms. The van der Waals surface area contributed by atoms with Gasteiger partial charge in [-0.05, 0) is 31.5 Å². The second-order valence-electron chi connectivity index (χ2n) is 5.04. The minimum atomic E-state index is -3.64. The zero-order valence-corrected chi connectivity index (χ0v) is 11.6. The number of hydrogen-bond donors (Lipinski definition) is 1. The van der Waals surface area contributed by atoms with Gasteiger partial charge in [0.25, 0.3) is 0 Å². The topological polar surface area (TPSA) is 50.8 Å². The number of carbonyl (C=O) groups is 1. The molecule has 0 aliphatic carbocycles. The lowest BCUT2D eigenvalue weighted by Crippen LogP contribution is -2.50. The third kappa shape index (κ3) is 2.65. The number of carbonyl (C=O) groups excluding carboxylic acids is 1. The van der Waals surface area contributed by atoms with Gasteiger partial charge in [-0.1, -0.05) is 6.92 Å². The summed E-state index contributed by atoms with van der Waals surface area (Å²) in [5.74, 6) is -0.110. The monoisotopic (exact) mass is 298 g/mol. The quantitative estimate of drug-likeness (QED) is 0.928. The number of hydrogen-bond acceptors (Lipinski definition) is 4. The molecular formula is C14H16F2N2O3. The molecule has 0 saturated carbocycles. The van der Waals surface area contributed by atoms with E-state index in [1.165, 1.54) is 12.1 Å². The summed E-state index contributed by atoms with van der Waals surface area (Å²) in [7, 11) is 0. The zero-order valence-electron chi connectivity index (χ0n) is 11.6. The van der Waals surface area contributed by atoms with Crippen LogP contribution in [-0.4, -0.2) is 31.3 Å². The molecular weight excluding hydrogens is 282 g/mol. The van der Waals surface area contributed by atoms with Crippen molar-refractivity contribution in [3.05, 3.63) is 18.2 Å². The Morgan fingerprint density at radius 1 is 1.38 bits per heavy atom. The van der Waals surface area contributed by atoms with E-state index in [2.05, 4.69) is 14.8 Å². The number of fused-ring (bicyclic) bond motifs is 1. The highest BCUT2D eigenvalue weighted by atomic mass is 19.3. The molecule has 1 amide bonds. The maximum absolute atomic E-state index is 13.0. The number of amides is 1. The molecule has 3 rings (SSSR count). The molecule has 1 fully saturated rings. The van der Waals surface area contributed by atoms with E-state index in [1.54, 1.807) is 11.0 Å². The summed E-state index contributed by atoms with van der Waals surface area (Å²) in [6, 6.07) is 4.18. The summed E-state index contributed by atoms with van der Waals surface area (Å²) in [6.45, 7) is 3.21. The molecule has 1 saturated heterocycles. The van der Waals surface area contributed by atoms with Gasteiger partial charge in [0.1, 0.15) is 0 Å². The number of nitrogens with zero attached hydrogens (tertiary/aromatic N) is 1. The van der Waals surface area contributed by atoms with Crippen LogP contribution < -0.4 is 19.7 Å². The highest BCUT2D eigenvalue weighted by molar-refractivity contribution is 5.98. The predicted molar refractivity (Wildman–Crippen MR) is 71.7 cm³/mol. The van der Waals surface area contributed by atoms with Crippen LogP contribution in [0.1, 0.15) is 19.8 Å². The van der Waals surface area contributed by atoms with Crippen LogP contribution in [0.2, 0.25) is 0 Å². The number of nitrogens with one attached hydrogen (secondary N) is 1. The van der Waals surface area contributed by atoms with Gasteiger partial charge in [-0.25, -0.2) is 0 Å². The number of likely N-dealkylation sites (N-methyl/N-ethyl adjacent to an activating group) is 1. The van der Waals surface area contributed by atoms with Crippen molar-refractivity contribution in [3.63, 3.8) is 0 Å². The molecule has 0 spiro atoms. The molecule has 1 unspecified atom stereocenters. The van der Waals surface area contributed by atoms with Gasteiger partial charge in [0.15, 0.2) is 11.5 Å². The van der Waals surface area contributed by atoms with Gasteiger partial charge in [-0.3, -0.25) is 4.79 Å². The maximum Gasteiger partial charge on any atom is 0.586 e. The molecule has 0 bridgehead atoms. The van der Waals surface area contributed by atoms with E-state index >= 15 is 0 Å².